The number of anilines is 1. The minimum atomic E-state index is -4.57. The smallest absolute Gasteiger partial charge is 0.341 e. The number of aromatic nitrogens is 4. The molecular weight excluding hydrogens is 579 g/mol. The lowest BCUT2D eigenvalue weighted by Gasteiger charge is -2.32. The Bertz CT molecular complexity index is 1720. The predicted molar refractivity (Wildman–Crippen MR) is 158 cm³/mol. The van der Waals surface area contributed by atoms with Gasteiger partial charge in [0, 0.05) is 49.2 Å². The molecule has 2 saturated heterocycles. The van der Waals surface area contributed by atoms with E-state index in [1.165, 1.54) is 0 Å². The van der Waals surface area contributed by atoms with Crippen molar-refractivity contribution in [2.24, 2.45) is 5.92 Å². The second-order valence-corrected chi connectivity index (χ2v) is 11.4. The number of piperidine rings is 1. The molecule has 0 spiro atoms. The second-order valence-electron chi connectivity index (χ2n) is 10.3. The number of amides is 2. The van der Waals surface area contributed by atoms with Crippen LogP contribution in [0.1, 0.15) is 29.8 Å². The van der Waals surface area contributed by atoms with Gasteiger partial charge in [-0.3, -0.25) is 19.9 Å². The number of nitrogens with zero attached hydrogens (tertiary/aromatic N) is 5. The Kier molecular flexibility index (Phi) is 8.08. The van der Waals surface area contributed by atoms with Crippen LogP contribution in [0.4, 0.5) is 23.9 Å². The normalized spacial score (nSPS) is 17.2. The van der Waals surface area contributed by atoms with Gasteiger partial charge in [-0.25, -0.2) is 15.0 Å². The van der Waals surface area contributed by atoms with Crippen molar-refractivity contribution < 1.29 is 22.8 Å². The molecule has 2 N–H and O–H groups in total. The second kappa shape index (κ2) is 12.1. The van der Waals surface area contributed by atoms with Crippen molar-refractivity contribution in [2.75, 3.05) is 24.5 Å². The number of fused-ring (bicyclic) bond motifs is 1. The Labute approximate surface area is 249 Å². The Morgan fingerprint density at radius 1 is 1.07 bits per heavy atom. The molecule has 5 heterocycles. The molecule has 0 atom stereocenters. The third-order valence-corrected chi connectivity index (χ3v) is 8.19. The summed E-state index contributed by atoms with van der Waals surface area (Å²) in [7, 11) is 0. The molecule has 6 rings (SSSR count). The first-order valence-electron chi connectivity index (χ1n) is 13.7. The lowest BCUT2D eigenvalue weighted by Crippen LogP contribution is -2.38. The van der Waals surface area contributed by atoms with E-state index < -0.39 is 23.0 Å². The van der Waals surface area contributed by atoms with Gasteiger partial charge < -0.3 is 10.2 Å². The van der Waals surface area contributed by atoms with E-state index in [1.54, 1.807) is 55.0 Å². The summed E-state index contributed by atoms with van der Waals surface area (Å²) in [5.41, 5.74) is 1.03. The molecule has 0 aliphatic carbocycles. The standard InChI is InChI=1S/C30H26F3N7O2S/c31-30(32,33)26-13-19(12-24(38-26)23-3-1-2-20-17-34-8-5-22(20)23)16-35-15-18-6-10-40(11-7-18)28-36-9-4-21(37-28)14-25-27(41)39-29(42)43-25/h1-5,8-9,12-14,17-18,35H,6-7,10-11,15-16H2,(H,39,41,42). The van der Waals surface area contributed by atoms with E-state index in [9.17, 15) is 22.8 Å². The fourth-order valence-electron chi connectivity index (χ4n) is 5.23. The van der Waals surface area contributed by atoms with Crippen LogP contribution in [0.2, 0.25) is 0 Å². The maximum absolute atomic E-state index is 13.8. The summed E-state index contributed by atoms with van der Waals surface area (Å²) in [4.78, 5) is 42.6. The van der Waals surface area contributed by atoms with Crippen LogP contribution >= 0.6 is 11.8 Å². The van der Waals surface area contributed by atoms with Crippen molar-refractivity contribution >= 4 is 45.7 Å². The van der Waals surface area contributed by atoms with Crippen molar-refractivity contribution in [3.63, 3.8) is 0 Å². The number of hydrogen-bond acceptors (Lipinski definition) is 9. The number of imide groups is 1. The zero-order chi connectivity index (χ0) is 30.0. The summed E-state index contributed by atoms with van der Waals surface area (Å²) in [6.45, 7) is 2.36. The van der Waals surface area contributed by atoms with Gasteiger partial charge in [0.05, 0.1) is 16.3 Å². The van der Waals surface area contributed by atoms with Gasteiger partial charge >= 0.3 is 6.18 Å². The number of carbonyl (C=O) groups is 2. The maximum Gasteiger partial charge on any atom is 0.433 e. The van der Waals surface area contributed by atoms with Gasteiger partial charge in [0.2, 0.25) is 5.95 Å². The fraction of sp³-hybridized carbons (Fsp3) is 0.267. The number of nitrogens with one attached hydrogen (secondary N) is 2. The Balaban J connectivity index is 1.09. The third-order valence-electron chi connectivity index (χ3n) is 7.38. The highest BCUT2D eigenvalue weighted by Crippen LogP contribution is 2.33. The number of hydrogen-bond donors (Lipinski definition) is 2. The highest BCUT2D eigenvalue weighted by Gasteiger charge is 2.33. The molecule has 1 aromatic carbocycles. The van der Waals surface area contributed by atoms with Gasteiger partial charge in [0.25, 0.3) is 11.1 Å². The first-order chi connectivity index (χ1) is 20.7. The van der Waals surface area contributed by atoms with Gasteiger partial charge in [-0.2, -0.15) is 13.2 Å². The van der Waals surface area contributed by atoms with Gasteiger partial charge in [0.15, 0.2) is 0 Å². The molecule has 3 aromatic heterocycles. The van der Waals surface area contributed by atoms with E-state index in [4.69, 9.17) is 0 Å². The number of alkyl halides is 3. The van der Waals surface area contributed by atoms with Gasteiger partial charge in [-0.1, -0.05) is 18.2 Å². The molecular formula is C30H26F3N7O2S. The van der Waals surface area contributed by atoms with Crippen LogP contribution in [-0.4, -0.2) is 50.7 Å². The number of benzene rings is 1. The summed E-state index contributed by atoms with van der Waals surface area (Å²) in [5, 5.41) is 6.78. The molecule has 13 heteroatoms. The quantitative estimate of drug-likeness (QED) is 0.266. The average molecular weight is 606 g/mol. The molecule has 0 saturated carbocycles. The van der Waals surface area contributed by atoms with Crippen LogP contribution in [0.3, 0.4) is 0 Å². The summed E-state index contributed by atoms with van der Waals surface area (Å²) >= 11 is 0.837. The molecule has 2 amide bonds. The first-order valence-corrected chi connectivity index (χ1v) is 14.5. The molecule has 4 aromatic rings. The SMILES string of the molecule is O=C1NC(=O)C(=Cc2ccnc(N3CCC(CNCc4cc(-c5cccc6cnccc56)nc(C(F)(F)F)c4)CC3)n2)S1. The molecule has 0 radical (unpaired) electrons. The Morgan fingerprint density at radius 2 is 1.91 bits per heavy atom. The van der Waals surface area contributed by atoms with E-state index in [-0.39, 0.29) is 17.1 Å². The van der Waals surface area contributed by atoms with Crippen LogP contribution in [0.15, 0.2) is 66.0 Å². The first kappa shape index (κ1) is 28.7. The van der Waals surface area contributed by atoms with Crippen molar-refractivity contribution in [1.82, 2.24) is 30.6 Å². The van der Waals surface area contributed by atoms with Gasteiger partial charge in [-0.05, 0) is 78.4 Å². The summed E-state index contributed by atoms with van der Waals surface area (Å²) < 4.78 is 41.3. The molecule has 2 aliphatic heterocycles. The van der Waals surface area contributed by atoms with Gasteiger partial charge in [0.1, 0.15) is 5.69 Å². The van der Waals surface area contributed by atoms with Crippen LogP contribution in [0.25, 0.3) is 28.1 Å². The molecule has 43 heavy (non-hydrogen) atoms. The zero-order valence-corrected chi connectivity index (χ0v) is 23.6. The molecule has 9 nitrogen and oxygen atoms in total. The number of pyridine rings is 2. The fourth-order valence-corrected chi connectivity index (χ4v) is 5.89. The van der Waals surface area contributed by atoms with Crippen LogP contribution in [-0.2, 0) is 17.5 Å². The number of halogens is 3. The minimum Gasteiger partial charge on any atom is -0.341 e. The number of rotatable bonds is 7. The Morgan fingerprint density at radius 3 is 2.67 bits per heavy atom. The monoisotopic (exact) mass is 605 g/mol. The van der Waals surface area contributed by atoms with Crippen LogP contribution in [0, 0.1) is 5.92 Å². The van der Waals surface area contributed by atoms with Crippen LogP contribution < -0.4 is 15.5 Å². The minimum absolute atomic E-state index is 0.272. The molecule has 2 fully saturated rings. The van der Waals surface area contributed by atoms with Crippen molar-refractivity contribution in [1.29, 1.82) is 0 Å². The largest absolute Gasteiger partial charge is 0.433 e. The van der Waals surface area contributed by atoms with E-state index in [0.29, 0.717) is 48.3 Å². The number of thioether (sulfide) groups is 1. The molecule has 2 aliphatic rings. The van der Waals surface area contributed by atoms with E-state index in [1.807, 2.05) is 6.07 Å². The van der Waals surface area contributed by atoms with Crippen LogP contribution in [0.5, 0.6) is 0 Å². The third kappa shape index (κ3) is 6.67. The highest BCUT2D eigenvalue weighted by atomic mass is 32.2. The molecule has 0 bridgehead atoms. The van der Waals surface area contributed by atoms with E-state index >= 15 is 0 Å². The van der Waals surface area contributed by atoms with Crippen molar-refractivity contribution in [3.8, 4) is 11.3 Å². The number of carbonyl (C=O) groups excluding carboxylic acids is 2. The Hall–Kier alpha value is -4.36. The predicted octanol–water partition coefficient (Wildman–Crippen LogP) is 5.44. The van der Waals surface area contributed by atoms with Crippen molar-refractivity contribution in [3.05, 3.63) is 82.9 Å². The summed E-state index contributed by atoms with van der Waals surface area (Å²) in [5.74, 6) is 0.441. The highest BCUT2D eigenvalue weighted by molar-refractivity contribution is 8.18. The molecule has 0 unspecified atom stereocenters. The van der Waals surface area contributed by atoms with Gasteiger partial charge in [-0.15, -0.1) is 0 Å². The maximum atomic E-state index is 13.8. The van der Waals surface area contributed by atoms with E-state index in [0.717, 1.165) is 41.4 Å². The summed E-state index contributed by atoms with van der Waals surface area (Å²) in [6, 6.07) is 11.7. The molecule has 220 valence electrons. The zero-order valence-electron chi connectivity index (χ0n) is 22.8. The van der Waals surface area contributed by atoms with Crippen molar-refractivity contribution in [2.45, 2.75) is 25.6 Å². The van der Waals surface area contributed by atoms with E-state index in [2.05, 4.69) is 35.5 Å². The summed E-state index contributed by atoms with van der Waals surface area (Å²) in [6.07, 6.45) is 3.63. The average Bonchev–Trinajstić information content (AvgIpc) is 3.32. The lowest BCUT2D eigenvalue weighted by atomic mass is 9.97. The topological polar surface area (TPSA) is 113 Å². The lowest BCUT2D eigenvalue weighted by molar-refractivity contribution is -0.141.